The number of hydrogen-bond donors (Lipinski definition) is 1. The van der Waals surface area contributed by atoms with Crippen molar-refractivity contribution in [3.05, 3.63) is 28.8 Å². The van der Waals surface area contributed by atoms with E-state index in [1.54, 1.807) is 18.2 Å². The Hall–Kier alpha value is -1.00. The second kappa shape index (κ2) is 4.94. The topological polar surface area (TPSA) is 52.3 Å². The molecular weight excluding hydrogens is 266 g/mol. The second-order valence-electron chi connectivity index (χ2n) is 5.89. The van der Waals surface area contributed by atoms with Crippen molar-refractivity contribution in [3.8, 4) is 0 Å². The standard InChI is InChI=1S/C13H20ClNO2Si/c1-13(2,3)18(4,5)17-12(16)9-6-7-11(15)10(14)8-9/h6-8H,15H2,1-5H3. The molecule has 0 unspecified atom stereocenters. The van der Waals surface area contributed by atoms with Gasteiger partial charge in [-0.05, 0) is 36.3 Å². The Labute approximate surface area is 114 Å². The van der Waals surface area contributed by atoms with Crippen molar-refractivity contribution in [2.24, 2.45) is 0 Å². The Balaban J connectivity index is 2.93. The molecule has 1 aromatic rings. The number of hydrogen-bond acceptors (Lipinski definition) is 3. The first-order valence-electron chi connectivity index (χ1n) is 5.83. The number of halogens is 1. The van der Waals surface area contributed by atoms with Crippen LogP contribution >= 0.6 is 11.6 Å². The monoisotopic (exact) mass is 285 g/mol. The quantitative estimate of drug-likeness (QED) is 0.658. The van der Waals surface area contributed by atoms with Crippen LogP contribution in [-0.4, -0.2) is 14.3 Å². The minimum Gasteiger partial charge on any atom is -0.516 e. The highest BCUT2D eigenvalue weighted by molar-refractivity contribution is 6.75. The molecule has 1 rings (SSSR count). The van der Waals surface area contributed by atoms with Gasteiger partial charge in [0.05, 0.1) is 16.3 Å². The van der Waals surface area contributed by atoms with Crippen molar-refractivity contribution < 1.29 is 9.22 Å². The number of nitrogens with two attached hydrogens (primary N) is 1. The van der Waals surface area contributed by atoms with Gasteiger partial charge in [-0.3, -0.25) is 0 Å². The molecule has 1 aromatic carbocycles. The van der Waals surface area contributed by atoms with Gasteiger partial charge < -0.3 is 10.2 Å². The second-order valence-corrected chi connectivity index (χ2v) is 11.0. The van der Waals surface area contributed by atoms with Crippen LogP contribution in [0, 0.1) is 0 Å². The molecule has 100 valence electrons. The van der Waals surface area contributed by atoms with Crippen molar-refractivity contribution >= 4 is 31.6 Å². The fourth-order valence-corrected chi connectivity index (χ4v) is 2.17. The van der Waals surface area contributed by atoms with Gasteiger partial charge in [0.15, 0.2) is 0 Å². The predicted molar refractivity (Wildman–Crippen MR) is 78.5 cm³/mol. The van der Waals surface area contributed by atoms with Crippen molar-refractivity contribution in [3.63, 3.8) is 0 Å². The van der Waals surface area contributed by atoms with Crippen LogP contribution < -0.4 is 5.73 Å². The zero-order chi connectivity index (χ0) is 14.1. The lowest BCUT2D eigenvalue weighted by atomic mass is 10.2. The lowest BCUT2D eigenvalue weighted by Gasteiger charge is -2.35. The molecule has 0 radical (unpaired) electrons. The van der Waals surface area contributed by atoms with E-state index in [-0.39, 0.29) is 11.0 Å². The molecule has 0 fully saturated rings. The van der Waals surface area contributed by atoms with Crippen LogP contribution in [0.4, 0.5) is 5.69 Å². The number of anilines is 1. The number of nitrogen functional groups attached to an aromatic ring is 1. The first-order valence-corrected chi connectivity index (χ1v) is 9.11. The van der Waals surface area contributed by atoms with Crippen LogP contribution in [0.15, 0.2) is 18.2 Å². The van der Waals surface area contributed by atoms with Crippen LogP contribution in [-0.2, 0) is 4.43 Å². The third-order valence-electron chi connectivity index (χ3n) is 3.39. The normalized spacial score (nSPS) is 12.3. The number of benzene rings is 1. The number of rotatable bonds is 2. The molecule has 0 saturated carbocycles. The summed E-state index contributed by atoms with van der Waals surface area (Å²) in [7, 11) is -2.11. The van der Waals surface area contributed by atoms with Crippen LogP contribution in [0.3, 0.4) is 0 Å². The molecular formula is C13H20ClNO2Si. The Bertz CT molecular complexity index is 467. The smallest absolute Gasteiger partial charge is 0.324 e. The molecule has 0 spiro atoms. The third-order valence-corrected chi connectivity index (χ3v) is 8.03. The van der Waals surface area contributed by atoms with Crippen molar-refractivity contribution in [1.29, 1.82) is 0 Å². The van der Waals surface area contributed by atoms with Crippen LogP contribution in [0.25, 0.3) is 0 Å². The van der Waals surface area contributed by atoms with Gasteiger partial charge in [-0.2, -0.15) is 0 Å². The van der Waals surface area contributed by atoms with Crippen LogP contribution in [0.1, 0.15) is 31.1 Å². The molecule has 5 heteroatoms. The summed E-state index contributed by atoms with van der Waals surface area (Å²) in [6, 6.07) is 4.80. The Kier molecular flexibility index (Phi) is 4.13. The molecule has 0 aromatic heterocycles. The fraction of sp³-hybridized carbons (Fsp3) is 0.462. The van der Waals surface area contributed by atoms with E-state index in [0.717, 1.165) is 0 Å². The zero-order valence-corrected chi connectivity index (χ0v) is 13.3. The maximum Gasteiger partial charge on any atom is 0.324 e. The maximum absolute atomic E-state index is 12.1. The molecule has 18 heavy (non-hydrogen) atoms. The number of carbonyl (C=O) groups excluding carboxylic acids is 1. The largest absolute Gasteiger partial charge is 0.516 e. The molecule has 0 aliphatic heterocycles. The summed E-state index contributed by atoms with van der Waals surface area (Å²) < 4.78 is 5.68. The highest BCUT2D eigenvalue weighted by Crippen LogP contribution is 2.37. The first kappa shape index (κ1) is 15.1. The summed E-state index contributed by atoms with van der Waals surface area (Å²) in [4.78, 5) is 12.1. The zero-order valence-electron chi connectivity index (χ0n) is 11.5. The molecule has 3 nitrogen and oxygen atoms in total. The molecule has 0 aliphatic rings. The van der Waals surface area contributed by atoms with E-state index in [0.29, 0.717) is 16.3 Å². The van der Waals surface area contributed by atoms with E-state index in [1.807, 2.05) is 13.1 Å². The fourth-order valence-electron chi connectivity index (χ4n) is 1.10. The van der Waals surface area contributed by atoms with Gasteiger partial charge in [0.2, 0.25) is 0 Å². The van der Waals surface area contributed by atoms with Crippen molar-refractivity contribution in [1.82, 2.24) is 0 Å². The molecule has 0 atom stereocenters. The molecule has 2 N–H and O–H groups in total. The van der Waals surface area contributed by atoms with Gasteiger partial charge in [0, 0.05) is 0 Å². The van der Waals surface area contributed by atoms with Gasteiger partial charge in [-0.1, -0.05) is 32.4 Å². The highest BCUT2D eigenvalue weighted by atomic mass is 35.5. The van der Waals surface area contributed by atoms with Gasteiger partial charge in [0.1, 0.15) is 0 Å². The molecule has 0 aliphatic carbocycles. The molecule has 0 saturated heterocycles. The van der Waals surface area contributed by atoms with E-state index >= 15 is 0 Å². The van der Waals surface area contributed by atoms with E-state index < -0.39 is 8.32 Å². The van der Waals surface area contributed by atoms with Crippen molar-refractivity contribution in [2.75, 3.05) is 5.73 Å². The van der Waals surface area contributed by atoms with E-state index in [1.165, 1.54) is 0 Å². The minimum absolute atomic E-state index is 0.0136. The minimum atomic E-state index is -2.11. The Morgan fingerprint density at radius 2 is 1.89 bits per heavy atom. The Morgan fingerprint density at radius 3 is 2.33 bits per heavy atom. The van der Waals surface area contributed by atoms with E-state index in [9.17, 15) is 4.79 Å². The van der Waals surface area contributed by atoms with Crippen LogP contribution in [0.2, 0.25) is 23.2 Å². The molecule has 0 amide bonds. The lowest BCUT2D eigenvalue weighted by Crippen LogP contribution is -2.42. The van der Waals surface area contributed by atoms with E-state index in [4.69, 9.17) is 21.8 Å². The van der Waals surface area contributed by atoms with Crippen LogP contribution in [0.5, 0.6) is 0 Å². The summed E-state index contributed by atoms with van der Waals surface area (Å²) >= 11 is 5.90. The van der Waals surface area contributed by atoms with Gasteiger partial charge >= 0.3 is 5.97 Å². The first-order chi connectivity index (χ1) is 8.04. The maximum atomic E-state index is 12.1. The third kappa shape index (κ3) is 3.27. The Morgan fingerprint density at radius 1 is 1.33 bits per heavy atom. The van der Waals surface area contributed by atoms with Gasteiger partial charge in [-0.15, -0.1) is 0 Å². The average molecular weight is 286 g/mol. The SMILES string of the molecule is CC(C)(C)[Si](C)(C)OC(=O)c1ccc(N)c(Cl)c1. The van der Waals surface area contributed by atoms with E-state index in [2.05, 4.69) is 20.8 Å². The summed E-state index contributed by atoms with van der Waals surface area (Å²) in [6.45, 7) is 10.3. The number of carbonyl (C=O) groups is 1. The average Bonchev–Trinajstić information content (AvgIpc) is 2.19. The lowest BCUT2D eigenvalue weighted by molar-refractivity contribution is 0.0712. The summed E-state index contributed by atoms with van der Waals surface area (Å²) in [5.74, 6) is -0.330. The summed E-state index contributed by atoms with van der Waals surface area (Å²) in [6.07, 6.45) is 0. The highest BCUT2D eigenvalue weighted by Gasteiger charge is 2.40. The van der Waals surface area contributed by atoms with Gasteiger partial charge in [-0.25, -0.2) is 4.79 Å². The molecule has 0 bridgehead atoms. The summed E-state index contributed by atoms with van der Waals surface area (Å²) in [5, 5.41) is 0.361. The summed E-state index contributed by atoms with van der Waals surface area (Å²) in [5.41, 5.74) is 6.51. The van der Waals surface area contributed by atoms with Gasteiger partial charge in [0.25, 0.3) is 8.32 Å². The van der Waals surface area contributed by atoms with Crippen molar-refractivity contribution in [2.45, 2.75) is 38.9 Å². The molecule has 0 heterocycles. The predicted octanol–water partition coefficient (Wildman–Crippen LogP) is 4.08.